The van der Waals surface area contributed by atoms with Gasteiger partial charge in [-0.15, -0.1) is 0 Å². The average Bonchev–Trinajstić information content (AvgIpc) is 2.51. The molecule has 0 aliphatic heterocycles. The first-order chi connectivity index (χ1) is 7.75. The van der Waals surface area contributed by atoms with Gasteiger partial charge in [0, 0.05) is 6.04 Å². The first-order valence-electron chi connectivity index (χ1n) is 6.28. The maximum Gasteiger partial charge on any atom is 0.146 e. The van der Waals surface area contributed by atoms with Crippen LogP contribution in [0.4, 0.5) is 10.1 Å². The third kappa shape index (κ3) is 2.97. The van der Waals surface area contributed by atoms with E-state index >= 15 is 0 Å². The van der Waals surface area contributed by atoms with E-state index in [-0.39, 0.29) is 5.82 Å². The number of rotatable bonds is 2. The van der Waals surface area contributed by atoms with Crippen LogP contribution < -0.4 is 5.32 Å². The van der Waals surface area contributed by atoms with Crippen molar-refractivity contribution in [2.45, 2.75) is 51.5 Å². The van der Waals surface area contributed by atoms with Gasteiger partial charge in [0.2, 0.25) is 0 Å². The maximum absolute atomic E-state index is 13.6. The van der Waals surface area contributed by atoms with Gasteiger partial charge in [0.25, 0.3) is 0 Å². The van der Waals surface area contributed by atoms with E-state index < -0.39 is 0 Å². The Bertz CT molecular complexity index is 341. The predicted octanol–water partition coefficient (Wildman–Crippen LogP) is 4.27. The van der Waals surface area contributed by atoms with Crippen LogP contribution in [0.15, 0.2) is 18.2 Å². The Kier molecular flexibility index (Phi) is 3.81. The molecule has 1 aliphatic carbocycles. The highest BCUT2D eigenvalue weighted by Crippen LogP contribution is 2.23. The Morgan fingerprint density at radius 3 is 2.44 bits per heavy atom. The molecule has 0 saturated heterocycles. The molecule has 1 nitrogen and oxygen atoms in total. The molecule has 2 rings (SSSR count). The molecule has 0 unspecified atom stereocenters. The summed E-state index contributed by atoms with van der Waals surface area (Å²) in [5, 5.41) is 3.34. The van der Waals surface area contributed by atoms with Gasteiger partial charge in [-0.25, -0.2) is 4.39 Å². The predicted molar refractivity (Wildman–Crippen MR) is 66.2 cm³/mol. The van der Waals surface area contributed by atoms with Crippen LogP contribution in [0.3, 0.4) is 0 Å². The SMILES string of the molecule is Cc1ccc(NC2CCCCCC2)c(F)c1. The second kappa shape index (κ2) is 5.33. The number of anilines is 1. The molecule has 1 aromatic rings. The van der Waals surface area contributed by atoms with E-state index in [1.165, 1.54) is 38.5 Å². The van der Waals surface area contributed by atoms with Crippen LogP contribution in [0.2, 0.25) is 0 Å². The van der Waals surface area contributed by atoms with Gasteiger partial charge in [0.1, 0.15) is 5.82 Å². The van der Waals surface area contributed by atoms with E-state index in [1.807, 2.05) is 19.1 Å². The highest BCUT2D eigenvalue weighted by atomic mass is 19.1. The van der Waals surface area contributed by atoms with Crippen molar-refractivity contribution in [3.05, 3.63) is 29.6 Å². The quantitative estimate of drug-likeness (QED) is 0.735. The minimum Gasteiger partial charge on any atom is -0.380 e. The van der Waals surface area contributed by atoms with Gasteiger partial charge in [-0.1, -0.05) is 31.7 Å². The third-order valence-electron chi connectivity index (χ3n) is 3.34. The number of hydrogen-bond donors (Lipinski definition) is 1. The molecule has 88 valence electrons. The van der Waals surface area contributed by atoms with Crippen molar-refractivity contribution in [1.29, 1.82) is 0 Å². The number of aryl methyl sites for hydroxylation is 1. The van der Waals surface area contributed by atoms with Crippen LogP contribution in [0.1, 0.15) is 44.1 Å². The molecule has 2 heteroatoms. The summed E-state index contributed by atoms with van der Waals surface area (Å²) in [6.07, 6.45) is 7.54. The zero-order chi connectivity index (χ0) is 11.4. The van der Waals surface area contributed by atoms with Crippen LogP contribution in [0.25, 0.3) is 0 Å². The van der Waals surface area contributed by atoms with Crippen LogP contribution >= 0.6 is 0 Å². The van der Waals surface area contributed by atoms with E-state index in [0.29, 0.717) is 11.7 Å². The van der Waals surface area contributed by atoms with E-state index in [4.69, 9.17) is 0 Å². The molecule has 1 fully saturated rings. The molecule has 0 heterocycles. The fraction of sp³-hybridized carbons (Fsp3) is 0.571. The molecule has 1 aliphatic rings. The van der Waals surface area contributed by atoms with Gasteiger partial charge in [-0.05, 0) is 37.5 Å². The van der Waals surface area contributed by atoms with Gasteiger partial charge < -0.3 is 5.32 Å². The number of halogens is 1. The van der Waals surface area contributed by atoms with Gasteiger partial charge in [-0.3, -0.25) is 0 Å². The van der Waals surface area contributed by atoms with Crippen LogP contribution in [0.5, 0.6) is 0 Å². The average molecular weight is 221 g/mol. The Morgan fingerprint density at radius 1 is 1.12 bits per heavy atom. The van der Waals surface area contributed by atoms with E-state index in [0.717, 1.165) is 5.56 Å². The smallest absolute Gasteiger partial charge is 0.146 e. The van der Waals surface area contributed by atoms with Crippen LogP contribution in [0, 0.1) is 12.7 Å². The molecule has 16 heavy (non-hydrogen) atoms. The third-order valence-corrected chi connectivity index (χ3v) is 3.34. The fourth-order valence-electron chi connectivity index (χ4n) is 2.38. The van der Waals surface area contributed by atoms with Crippen molar-refractivity contribution >= 4 is 5.69 Å². The van der Waals surface area contributed by atoms with Crippen molar-refractivity contribution in [2.75, 3.05) is 5.32 Å². The van der Waals surface area contributed by atoms with E-state index in [1.54, 1.807) is 6.07 Å². The second-order valence-corrected chi connectivity index (χ2v) is 4.82. The summed E-state index contributed by atoms with van der Waals surface area (Å²) in [7, 11) is 0. The lowest BCUT2D eigenvalue weighted by molar-refractivity contribution is 0.596. The molecule has 0 bridgehead atoms. The summed E-state index contributed by atoms with van der Waals surface area (Å²) in [5.41, 5.74) is 1.64. The second-order valence-electron chi connectivity index (χ2n) is 4.82. The zero-order valence-electron chi connectivity index (χ0n) is 9.93. The normalized spacial score (nSPS) is 18.1. The molecular weight excluding hydrogens is 201 g/mol. The van der Waals surface area contributed by atoms with Crippen molar-refractivity contribution < 1.29 is 4.39 Å². The lowest BCUT2D eigenvalue weighted by Gasteiger charge is -2.18. The van der Waals surface area contributed by atoms with Crippen LogP contribution in [-0.4, -0.2) is 6.04 Å². The largest absolute Gasteiger partial charge is 0.380 e. The summed E-state index contributed by atoms with van der Waals surface area (Å²) < 4.78 is 13.6. The molecule has 1 N–H and O–H groups in total. The number of hydrogen-bond acceptors (Lipinski definition) is 1. The topological polar surface area (TPSA) is 12.0 Å². The lowest BCUT2D eigenvalue weighted by atomic mass is 10.1. The van der Waals surface area contributed by atoms with Gasteiger partial charge in [0.15, 0.2) is 0 Å². The Balaban J connectivity index is 2.01. The monoisotopic (exact) mass is 221 g/mol. The van der Waals surface area contributed by atoms with Crippen LogP contribution in [-0.2, 0) is 0 Å². The summed E-state index contributed by atoms with van der Waals surface area (Å²) in [5.74, 6) is -0.121. The molecule has 1 saturated carbocycles. The zero-order valence-corrected chi connectivity index (χ0v) is 9.93. The highest BCUT2D eigenvalue weighted by Gasteiger charge is 2.13. The summed E-state index contributed by atoms with van der Waals surface area (Å²) >= 11 is 0. The number of benzene rings is 1. The molecule has 0 aromatic heterocycles. The van der Waals surface area contributed by atoms with Crippen molar-refractivity contribution in [2.24, 2.45) is 0 Å². The van der Waals surface area contributed by atoms with Crippen molar-refractivity contribution in [3.8, 4) is 0 Å². The maximum atomic E-state index is 13.6. The minimum atomic E-state index is -0.121. The lowest BCUT2D eigenvalue weighted by Crippen LogP contribution is -2.19. The van der Waals surface area contributed by atoms with E-state index in [9.17, 15) is 4.39 Å². The first kappa shape index (κ1) is 11.4. The molecule has 0 spiro atoms. The summed E-state index contributed by atoms with van der Waals surface area (Å²) in [4.78, 5) is 0. The van der Waals surface area contributed by atoms with Gasteiger partial charge >= 0.3 is 0 Å². The highest BCUT2D eigenvalue weighted by molar-refractivity contribution is 5.46. The van der Waals surface area contributed by atoms with E-state index in [2.05, 4.69) is 5.32 Å². The fourth-order valence-corrected chi connectivity index (χ4v) is 2.38. The first-order valence-corrected chi connectivity index (χ1v) is 6.28. The summed E-state index contributed by atoms with van der Waals surface area (Å²) in [6, 6.07) is 5.87. The summed E-state index contributed by atoms with van der Waals surface area (Å²) in [6.45, 7) is 1.92. The molecule has 0 radical (unpaired) electrons. The molecule has 1 aromatic carbocycles. The van der Waals surface area contributed by atoms with Gasteiger partial charge in [-0.2, -0.15) is 0 Å². The number of nitrogens with one attached hydrogen (secondary N) is 1. The van der Waals surface area contributed by atoms with Crippen molar-refractivity contribution in [1.82, 2.24) is 0 Å². The van der Waals surface area contributed by atoms with Crippen molar-refractivity contribution in [3.63, 3.8) is 0 Å². The Morgan fingerprint density at radius 2 is 1.81 bits per heavy atom. The minimum absolute atomic E-state index is 0.121. The molecule has 0 atom stereocenters. The van der Waals surface area contributed by atoms with Gasteiger partial charge in [0.05, 0.1) is 5.69 Å². The molecule has 0 amide bonds. The standard InChI is InChI=1S/C14H20FN/c1-11-8-9-14(13(15)10-11)16-12-6-4-2-3-5-7-12/h8-10,12,16H,2-7H2,1H3. The Hall–Kier alpha value is -1.05. The Labute approximate surface area is 97.1 Å². The molecular formula is C14H20FN.